The molecule has 1 fully saturated rings. The van der Waals surface area contributed by atoms with Crippen LogP contribution in [0.1, 0.15) is 20.3 Å². The van der Waals surface area contributed by atoms with Gasteiger partial charge in [-0.1, -0.05) is 17.7 Å². The third kappa shape index (κ3) is 6.66. The molecular formula is C17H28ClN5O2S. The predicted octanol–water partition coefficient (Wildman–Crippen LogP) is 1.41. The summed E-state index contributed by atoms with van der Waals surface area (Å²) < 4.78 is 25.5. The Balaban J connectivity index is 1.87. The molecule has 7 nitrogen and oxygen atoms in total. The SMILES string of the molecule is CN=C(NCC(C)(C)NS(C)(=O)=O)NC1CCN(c2cccc(Cl)c2)C1. The van der Waals surface area contributed by atoms with Crippen LogP contribution in [0, 0.1) is 0 Å². The van der Waals surface area contributed by atoms with E-state index in [0.29, 0.717) is 12.5 Å². The molecule has 1 aliphatic rings. The molecule has 146 valence electrons. The fourth-order valence-electron chi connectivity index (χ4n) is 3.02. The Kier molecular flexibility index (Phi) is 6.76. The van der Waals surface area contributed by atoms with Crippen molar-refractivity contribution in [3.05, 3.63) is 29.3 Å². The number of guanidine groups is 1. The minimum Gasteiger partial charge on any atom is -0.369 e. The van der Waals surface area contributed by atoms with Gasteiger partial charge < -0.3 is 15.5 Å². The molecule has 2 rings (SSSR count). The van der Waals surface area contributed by atoms with Gasteiger partial charge in [-0.25, -0.2) is 13.1 Å². The molecular weight excluding hydrogens is 374 g/mol. The second kappa shape index (κ2) is 8.45. The highest BCUT2D eigenvalue weighted by Crippen LogP contribution is 2.23. The summed E-state index contributed by atoms with van der Waals surface area (Å²) in [6, 6.07) is 8.10. The summed E-state index contributed by atoms with van der Waals surface area (Å²) in [5.74, 6) is 0.659. The van der Waals surface area contributed by atoms with E-state index in [2.05, 4.69) is 31.3 Å². The first-order valence-electron chi connectivity index (χ1n) is 8.55. The molecule has 26 heavy (non-hydrogen) atoms. The van der Waals surface area contributed by atoms with E-state index in [4.69, 9.17) is 11.6 Å². The Morgan fingerprint density at radius 3 is 2.77 bits per heavy atom. The molecule has 1 aromatic rings. The van der Waals surface area contributed by atoms with Crippen LogP contribution in [0.4, 0.5) is 5.69 Å². The van der Waals surface area contributed by atoms with Crippen LogP contribution in [-0.2, 0) is 10.0 Å². The van der Waals surface area contributed by atoms with Crippen LogP contribution in [0.3, 0.4) is 0 Å². The van der Waals surface area contributed by atoms with Crippen molar-refractivity contribution in [3.63, 3.8) is 0 Å². The van der Waals surface area contributed by atoms with Crippen molar-refractivity contribution in [1.82, 2.24) is 15.4 Å². The summed E-state index contributed by atoms with van der Waals surface area (Å²) >= 11 is 6.08. The highest BCUT2D eigenvalue weighted by molar-refractivity contribution is 7.88. The summed E-state index contributed by atoms with van der Waals surface area (Å²) in [6.45, 7) is 5.86. The van der Waals surface area contributed by atoms with Crippen molar-refractivity contribution in [2.24, 2.45) is 4.99 Å². The summed E-state index contributed by atoms with van der Waals surface area (Å²) in [7, 11) is -1.56. The number of anilines is 1. The highest BCUT2D eigenvalue weighted by Gasteiger charge is 2.25. The molecule has 1 aliphatic heterocycles. The Bertz CT molecular complexity index is 751. The monoisotopic (exact) mass is 401 g/mol. The summed E-state index contributed by atoms with van der Waals surface area (Å²) in [5, 5.41) is 7.33. The van der Waals surface area contributed by atoms with Gasteiger partial charge in [0.05, 0.1) is 6.26 Å². The second-order valence-corrected chi connectivity index (χ2v) is 9.42. The molecule has 3 N–H and O–H groups in total. The van der Waals surface area contributed by atoms with Crippen molar-refractivity contribution in [2.75, 3.05) is 37.8 Å². The maximum absolute atomic E-state index is 11.4. The maximum atomic E-state index is 11.4. The van der Waals surface area contributed by atoms with E-state index in [1.165, 1.54) is 0 Å². The lowest BCUT2D eigenvalue weighted by atomic mass is 10.1. The number of nitrogens with zero attached hydrogens (tertiary/aromatic N) is 2. The van der Waals surface area contributed by atoms with Crippen molar-refractivity contribution in [2.45, 2.75) is 31.8 Å². The predicted molar refractivity (Wildman–Crippen MR) is 109 cm³/mol. The van der Waals surface area contributed by atoms with E-state index < -0.39 is 15.6 Å². The van der Waals surface area contributed by atoms with Crippen LogP contribution in [0.15, 0.2) is 29.3 Å². The minimum absolute atomic E-state index is 0.256. The average Bonchev–Trinajstić information content (AvgIpc) is 2.97. The normalized spacial score (nSPS) is 18.9. The molecule has 0 amide bonds. The largest absolute Gasteiger partial charge is 0.369 e. The lowest BCUT2D eigenvalue weighted by Gasteiger charge is -2.27. The zero-order valence-corrected chi connectivity index (χ0v) is 17.3. The van der Waals surface area contributed by atoms with Crippen LogP contribution in [0.25, 0.3) is 0 Å². The van der Waals surface area contributed by atoms with E-state index in [1.54, 1.807) is 7.05 Å². The molecule has 1 atom stereocenters. The molecule has 1 unspecified atom stereocenters. The van der Waals surface area contributed by atoms with Crippen molar-refractivity contribution in [3.8, 4) is 0 Å². The van der Waals surface area contributed by atoms with Gasteiger partial charge in [-0.2, -0.15) is 0 Å². The zero-order valence-electron chi connectivity index (χ0n) is 15.7. The number of sulfonamides is 1. The van der Waals surface area contributed by atoms with E-state index in [1.807, 2.05) is 32.0 Å². The number of nitrogens with one attached hydrogen (secondary N) is 3. The minimum atomic E-state index is -3.27. The van der Waals surface area contributed by atoms with Gasteiger partial charge in [-0.3, -0.25) is 4.99 Å². The fraction of sp³-hybridized carbons (Fsp3) is 0.588. The lowest BCUT2D eigenvalue weighted by molar-refractivity contribution is 0.445. The van der Waals surface area contributed by atoms with Crippen molar-refractivity contribution < 1.29 is 8.42 Å². The number of rotatable bonds is 6. The molecule has 1 heterocycles. The summed E-state index contributed by atoms with van der Waals surface area (Å²) in [6.07, 6.45) is 2.14. The first-order chi connectivity index (χ1) is 12.1. The fourth-order valence-corrected chi connectivity index (χ4v) is 4.28. The van der Waals surface area contributed by atoms with Crippen LogP contribution >= 0.6 is 11.6 Å². The van der Waals surface area contributed by atoms with Crippen LogP contribution in [0.5, 0.6) is 0 Å². The topological polar surface area (TPSA) is 85.8 Å². The Morgan fingerprint density at radius 1 is 1.42 bits per heavy atom. The summed E-state index contributed by atoms with van der Waals surface area (Å²) in [5.41, 5.74) is 0.497. The van der Waals surface area contributed by atoms with Gasteiger partial charge >= 0.3 is 0 Å². The Hall–Kier alpha value is -1.51. The lowest BCUT2D eigenvalue weighted by Crippen LogP contribution is -2.54. The van der Waals surface area contributed by atoms with Gasteiger partial charge in [0.15, 0.2) is 5.96 Å². The molecule has 9 heteroatoms. The van der Waals surface area contributed by atoms with Gasteiger partial charge in [-0.15, -0.1) is 0 Å². The smallest absolute Gasteiger partial charge is 0.209 e. The zero-order chi connectivity index (χ0) is 19.4. The standard InChI is InChI=1S/C17H28ClN5O2S/c1-17(2,22-26(4,24)25)12-20-16(19-3)21-14-8-9-23(11-14)15-7-5-6-13(18)10-15/h5-7,10,14,22H,8-9,11-12H2,1-4H3,(H2,19,20,21). The summed E-state index contributed by atoms with van der Waals surface area (Å²) in [4.78, 5) is 6.52. The number of halogens is 1. The molecule has 0 aromatic heterocycles. The highest BCUT2D eigenvalue weighted by atomic mass is 35.5. The van der Waals surface area contributed by atoms with E-state index >= 15 is 0 Å². The van der Waals surface area contributed by atoms with Gasteiger partial charge in [0.2, 0.25) is 10.0 Å². The van der Waals surface area contributed by atoms with Crippen molar-refractivity contribution >= 4 is 33.3 Å². The van der Waals surface area contributed by atoms with Gasteiger partial charge in [0.1, 0.15) is 0 Å². The van der Waals surface area contributed by atoms with Gasteiger partial charge in [-0.05, 0) is 38.5 Å². The van der Waals surface area contributed by atoms with Crippen molar-refractivity contribution in [1.29, 1.82) is 0 Å². The Labute approximate surface area is 161 Å². The third-order valence-electron chi connectivity index (χ3n) is 4.09. The second-order valence-electron chi connectivity index (χ2n) is 7.24. The molecule has 0 aliphatic carbocycles. The Morgan fingerprint density at radius 2 is 2.15 bits per heavy atom. The van der Waals surface area contributed by atoms with Crippen LogP contribution in [0.2, 0.25) is 5.02 Å². The number of aliphatic imine (C=N–C) groups is 1. The molecule has 1 saturated heterocycles. The molecule has 1 aromatic carbocycles. The molecule has 0 radical (unpaired) electrons. The maximum Gasteiger partial charge on any atom is 0.209 e. The van der Waals surface area contributed by atoms with Crippen LogP contribution < -0.4 is 20.3 Å². The van der Waals surface area contributed by atoms with E-state index in [9.17, 15) is 8.42 Å². The van der Waals surface area contributed by atoms with E-state index in [0.717, 1.165) is 36.5 Å². The number of benzene rings is 1. The first-order valence-corrected chi connectivity index (χ1v) is 10.8. The first kappa shape index (κ1) is 20.8. The van der Waals surface area contributed by atoms with Gasteiger partial charge in [0, 0.05) is 49.0 Å². The molecule has 0 saturated carbocycles. The quantitative estimate of drug-likeness (QED) is 0.495. The molecule has 0 bridgehead atoms. The average molecular weight is 402 g/mol. The number of hydrogen-bond donors (Lipinski definition) is 3. The molecule has 0 spiro atoms. The van der Waals surface area contributed by atoms with Gasteiger partial charge in [0.25, 0.3) is 0 Å². The van der Waals surface area contributed by atoms with Crippen LogP contribution in [-0.4, -0.2) is 58.9 Å². The third-order valence-corrected chi connectivity index (χ3v) is 5.24. The van der Waals surface area contributed by atoms with E-state index in [-0.39, 0.29) is 6.04 Å². The number of hydrogen-bond acceptors (Lipinski definition) is 4.